The molecule has 3 rings (SSSR count). The molecule has 0 radical (unpaired) electrons. The van der Waals surface area contributed by atoms with Crippen molar-refractivity contribution in [2.45, 2.75) is 135 Å². The molecule has 1 heterocycles. The molecule has 0 aromatic heterocycles. The van der Waals surface area contributed by atoms with E-state index in [1.807, 2.05) is 26.0 Å². The molecule has 0 spiro atoms. The highest BCUT2D eigenvalue weighted by Gasteiger charge is 2.46. The number of aliphatic hydroxyl groups is 1. The minimum atomic E-state index is -0.650. The summed E-state index contributed by atoms with van der Waals surface area (Å²) < 4.78 is 17.1. The highest BCUT2D eigenvalue weighted by Crippen LogP contribution is 2.46. The fraction of sp³-hybridized carbons (Fsp3) is 0.690. The van der Waals surface area contributed by atoms with Gasteiger partial charge in [0.05, 0.1) is 7.11 Å². The van der Waals surface area contributed by atoms with Crippen LogP contribution in [0.2, 0.25) is 0 Å². The van der Waals surface area contributed by atoms with Gasteiger partial charge in [-0.2, -0.15) is 0 Å². The zero-order valence-electron chi connectivity index (χ0n) is 33.5. The fourth-order valence-corrected chi connectivity index (χ4v) is 6.71. The number of fused-ring (bicyclic) bond motifs is 1. The molecule has 2 atom stereocenters. The Labute approximate surface area is 315 Å². The number of phenols is 1. The third-order valence-electron chi connectivity index (χ3n) is 9.80. The molecule has 7 N–H and O–H groups in total. The first-order valence-electron chi connectivity index (χ1n) is 19.7. The second kappa shape index (κ2) is 24.4. The van der Waals surface area contributed by atoms with Crippen LogP contribution >= 0.6 is 0 Å². The van der Waals surface area contributed by atoms with Gasteiger partial charge >= 0.3 is 5.97 Å². The van der Waals surface area contributed by atoms with Crippen LogP contribution in [0.1, 0.15) is 128 Å². The Kier molecular flexibility index (Phi) is 21.3. The summed E-state index contributed by atoms with van der Waals surface area (Å²) in [6.07, 6.45) is 10.9. The number of methoxy groups -OCH3 is 1. The maximum Gasteiger partial charge on any atom is 0.303 e. The molecule has 2 aromatic rings. The summed E-state index contributed by atoms with van der Waals surface area (Å²) in [7, 11) is 1.56. The van der Waals surface area contributed by atoms with Crippen LogP contribution in [0.4, 0.5) is 0 Å². The molecule has 0 aliphatic carbocycles. The molecule has 0 bridgehead atoms. The van der Waals surface area contributed by atoms with Crippen molar-refractivity contribution in [2.24, 2.45) is 5.73 Å². The van der Waals surface area contributed by atoms with E-state index in [9.17, 15) is 15.0 Å². The third-order valence-corrected chi connectivity index (χ3v) is 9.80. The fourth-order valence-electron chi connectivity index (χ4n) is 6.71. The van der Waals surface area contributed by atoms with E-state index in [-0.39, 0.29) is 29.7 Å². The maximum absolute atomic E-state index is 11.7. The van der Waals surface area contributed by atoms with Gasteiger partial charge in [0.25, 0.3) is 0 Å². The largest absolute Gasteiger partial charge is 0.504 e. The number of esters is 1. The van der Waals surface area contributed by atoms with Crippen molar-refractivity contribution >= 4 is 5.97 Å². The van der Waals surface area contributed by atoms with Gasteiger partial charge in [-0.25, -0.2) is 0 Å². The number of nitrogens with one attached hydrogen (secondary N) is 3. The molecule has 0 saturated heterocycles. The van der Waals surface area contributed by atoms with Crippen LogP contribution < -0.4 is 31.2 Å². The van der Waals surface area contributed by atoms with E-state index in [4.69, 9.17) is 19.9 Å². The molecule has 0 saturated carbocycles. The summed E-state index contributed by atoms with van der Waals surface area (Å²) in [5.74, 6) is 1.16. The number of hydrogen-bond donors (Lipinski definition) is 6. The molecular formula is C42H72N4O6. The summed E-state index contributed by atoms with van der Waals surface area (Å²) in [4.78, 5) is 11.7. The van der Waals surface area contributed by atoms with Crippen molar-refractivity contribution in [1.29, 1.82) is 0 Å². The molecule has 10 nitrogen and oxygen atoms in total. The van der Waals surface area contributed by atoms with Crippen LogP contribution in [0.3, 0.4) is 0 Å². The van der Waals surface area contributed by atoms with E-state index in [2.05, 4.69) is 54.9 Å². The van der Waals surface area contributed by atoms with Crippen LogP contribution in [0, 0.1) is 0 Å². The Bertz CT molecular complexity index is 1290. The number of nitrogens with two attached hydrogens (primary N) is 1. The smallest absolute Gasteiger partial charge is 0.303 e. The zero-order valence-corrected chi connectivity index (χ0v) is 33.5. The molecule has 1 aliphatic rings. The van der Waals surface area contributed by atoms with Crippen LogP contribution in [-0.4, -0.2) is 80.9 Å². The molecular weight excluding hydrogens is 656 g/mol. The van der Waals surface area contributed by atoms with Crippen LogP contribution in [-0.2, 0) is 21.5 Å². The molecule has 52 heavy (non-hydrogen) atoms. The minimum Gasteiger partial charge on any atom is -0.504 e. The highest BCUT2D eigenvalue weighted by atomic mass is 16.6. The van der Waals surface area contributed by atoms with Gasteiger partial charge in [0.15, 0.2) is 11.5 Å². The van der Waals surface area contributed by atoms with Crippen molar-refractivity contribution in [2.75, 3.05) is 53.0 Å². The average Bonchev–Trinajstić information content (AvgIpc) is 3.10. The van der Waals surface area contributed by atoms with Crippen LogP contribution in [0.15, 0.2) is 36.4 Å². The Morgan fingerprint density at radius 1 is 0.923 bits per heavy atom. The number of carbonyl (C=O) groups excluding carboxylic acids is 1. The average molecular weight is 729 g/mol. The van der Waals surface area contributed by atoms with E-state index in [1.165, 1.54) is 51.0 Å². The van der Waals surface area contributed by atoms with Gasteiger partial charge in [0.1, 0.15) is 17.5 Å². The number of rotatable bonds is 24. The Hall–Kier alpha value is -2.89. The first-order valence-corrected chi connectivity index (χ1v) is 19.7. The topological polar surface area (TPSA) is 147 Å². The van der Waals surface area contributed by atoms with Gasteiger partial charge in [0, 0.05) is 31.6 Å². The lowest BCUT2D eigenvalue weighted by atomic mass is 9.76. The molecule has 2 unspecified atom stereocenters. The van der Waals surface area contributed by atoms with E-state index in [1.54, 1.807) is 13.2 Å². The molecule has 0 amide bonds. The van der Waals surface area contributed by atoms with Gasteiger partial charge in [-0.05, 0) is 126 Å². The molecule has 2 aromatic carbocycles. The number of hydrogen-bond acceptors (Lipinski definition) is 10. The number of carbonyl (C=O) groups is 1. The van der Waals surface area contributed by atoms with E-state index in [0.29, 0.717) is 12.2 Å². The normalized spacial score (nSPS) is 16.3. The number of ether oxygens (including phenoxy) is 3. The number of aromatic hydroxyl groups is 1. The summed E-state index contributed by atoms with van der Waals surface area (Å²) in [5, 5.41) is 29.4. The Balaban J connectivity index is 0.000000365. The maximum atomic E-state index is 11.7. The van der Waals surface area contributed by atoms with Crippen LogP contribution in [0.5, 0.6) is 17.2 Å². The van der Waals surface area contributed by atoms with E-state index >= 15 is 0 Å². The van der Waals surface area contributed by atoms with Crippen LogP contribution in [0.25, 0.3) is 0 Å². The summed E-state index contributed by atoms with van der Waals surface area (Å²) in [6.45, 7) is 18.9. The monoisotopic (exact) mass is 729 g/mol. The van der Waals surface area contributed by atoms with Gasteiger partial charge < -0.3 is 46.1 Å². The van der Waals surface area contributed by atoms with E-state index in [0.717, 1.165) is 82.0 Å². The summed E-state index contributed by atoms with van der Waals surface area (Å²) >= 11 is 0. The Morgan fingerprint density at radius 3 is 2.23 bits per heavy atom. The van der Waals surface area contributed by atoms with E-state index < -0.39 is 11.7 Å². The lowest BCUT2D eigenvalue weighted by molar-refractivity contribution is -0.162. The lowest BCUT2D eigenvalue weighted by Gasteiger charge is -2.44. The number of aliphatic hydroxyl groups excluding tert-OH is 1. The number of phenolic OH excluding ortho intramolecular Hbond substituents is 1. The highest BCUT2D eigenvalue weighted by molar-refractivity contribution is 5.66. The number of unbranched alkanes of at least 4 members (excludes halogenated alkanes) is 4. The summed E-state index contributed by atoms with van der Waals surface area (Å²) in [6, 6.07) is 11.9. The van der Waals surface area contributed by atoms with Gasteiger partial charge in [-0.15, -0.1) is 0 Å². The predicted octanol–water partition coefficient (Wildman–Crippen LogP) is 6.69. The van der Waals surface area contributed by atoms with Crippen molar-refractivity contribution in [3.8, 4) is 17.2 Å². The Morgan fingerprint density at radius 2 is 1.60 bits per heavy atom. The SMILES string of the molecule is CCCCCCC(C)(C)c1ccc2c(c1)OC(C)(C)C(OC(C)=O)C2CCO.COc1cc(CNCCCNCCCCNCCCN)ccc1O. The van der Waals surface area contributed by atoms with Crippen molar-refractivity contribution < 1.29 is 29.2 Å². The van der Waals surface area contributed by atoms with Gasteiger partial charge in [-0.1, -0.05) is 64.7 Å². The quantitative estimate of drug-likeness (QED) is 0.0511. The minimum absolute atomic E-state index is 0.0443. The lowest BCUT2D eigenvalue weighted by Crippen LogP contribution is -2.51. The zero-order chi connectivity index (χ0) is 38.4. The van der Waals surface area contributed by atoms with Crippen molar-refractivity contribution in [1.82, 2.24) is 16.0 Å². The second-order valence-corrected chi connectivity index (χ2v) is 15.2. The van der Waals surface area contributed by atoms with Gasteiger partial charge in [0.2, 0.25) is 0 Å². The molecule has 1 aliphatic heterocycles. The second-order valence-electron chi connectivity index (χ2n) is 15.2. The molecule has 296 valence electrons. The standard InChI is InChI=1S/C24H38O4.C18H34N4O2/c1-7-8-9-10-14-23(3,4)18-11-12-19-20(13-15-25)22(27-17(2)26)24(5,6)28-21(19)16-18;1-24-18-14-16(6-7-17(18)23)15-22-13-5-12-21-10-3-2-9-20-11-4-8-19/h11-12,16,20,22,25H,7-10,13-15H2,1-6H3;6-7,14,20-23H,2-5,8-13,15,19H2,1H3. The van der Waals surface area contributed by atoms with Crippen molar-refractivity contribution in [3.05, 3.63) is 53.1 Å². The first-order chi connectivity index (χ1) is 24.9. The first kappa shape index (κ1) is 45.3. The molecule has 0 fully saturated rings. The third kappa shape index (κ3) is 16.0. The molecule has 10 heteroatoms. The number of benzene rings is 2. The van der Waals surface area contributed by atoms with Gasteiger partial charge in [-0.3, -0.25) is 4.79 Å². The summed E-state index contributed by atoms with van der Waals surface area (Å²) in [5.41, 5.74) is 8.27. The van der Waals surface area contributed by atoms with Crippen molar-refractivity contribution in [3.63, 3.8) is 0 Å². The predicted molar refractivity (Wildman–Crippen MR) is 213 cm³/mol.